The average molecular weight is 449 g/mol. The van der Waals surface area contributed by atoms with Crippen LogP contribution in [0.15, 0.2) is 74.6 Å². The van der Waals surface area contributed by atoms with Crippen molar-refractivity contribution in [2.75, 3.05) is 13.6 Å². The first kappa shape index (κ1) is 21.8. The fourth-order valence-electron chi connectivity index (χ4n) is 3.28. The van der Waals surface area contributed by atoms with Crippen LogP contribution in [0.3, 0.4) is 0 Å². The van der Waals surface area contributed by atoms with Gasteiger partial charge in [-0.05, 0) is 25.5 Å². The molecule has 0 saturated carbocycles. The molecule has 0 aliphatic rings. The summed E-state index contributed by atoms with van der Waals surface area (Å²) in [4.78, 5) is 19.9. The van der Waals surface area contributed by atoms with Crippen molar-refractivity contribution in [2.24, 2.45) is 0 Å². The van der Waals surface area contributed by atoms with Gasteiger partial charge in [0.25, 0.3) is 5.91 Å². The lowest BCUT2D eigenvalue weighted by atomic mass is 10.1. The monoisotopic (exact) mass is 448 g/mol. The van der Waals surface area contributed by atoms with E-state index >= 15 is 0 Å². The molecular formula is C24H24N4O3S. The number of benzene rings is 2. The van der Waals surface area contributed by atoms with Crippen molar-refractivity contribution in [3.63, 3.8) is 0 Å². The summed E-state index contributed by atoms with van der Waals surface area (Å²) in [6.07, 6.45) is 1.49. The van der Waals surface area contributed by atoms with E-state index in [1.807, 2.05) is 67.7 Å². The number of carbonyl (C=O) groups excluding carboxylic acids is 1. The Kier molecular flexibility index (Phi) is 7.01. The Morgan fingerprint density at radius 3 is 2.59 bits per heavy atom. The molecular weight excluding hydrogens is 424 g/mol. The summed E-state index contributed by atoms with van der Waals surface area (Å²) in [5.41, 5.74) is 2.52. The maximum atomic E-state index is 13.0. The number of aryl methyl sites for hydroxylation is 2. The first-order valence-corrected chi connectivity index (χ1v) is 11.4. The number of nitrogens with zero attached hydrogens (tertiary/aromatic N) is 4. The smallest absolute Gasteiger partial charge is 0.254 e. The molecule has 0 aliphatic carbocycles. The topological polar surface area (TPSA) is 85.3 Å². The predicted octanol–water partition coefficient (Wildman–Crippen LogP) is 5.03. The second kappa shape index (κ2) is 10.3. The van der Waals surface area contributed by atoms with Crippen molar-refractivity contribution in [3.05, 3.63) is 83.7 Å². The lowest BCUT2D eigenvalue weighted by molar-refractivity contribution is 0.0789. The number of amides is 1. The van der Waals surface area contributed by atoms with Crippen molar-refractivity contribution in [3.8, 4) is 11.3 Å². The summed E-state index contributed by atoms with van der Waals surface area (Å²) in [6.45, 7) is 2.40. The highest BCUT2D eigenvalue weighted by Gasteiger charge is 2.17. The summed E-state index contributed by atoms with van der Waals surface area (Å²) >= 11 is 1.51. The molecule has 0 spiro atoms. The van der Waals surface area contributed by atoms with Gasteiger partial charge in [-0.15, -0.1) is 11.8 Å². The second-order valence-electron chi connectivity index (χ2n) is 7.39. The zero-order valence-electron chi connectivity index (χ0n) is 18.0. The fraction of sp³-hybridized carbons (Fsp3) is 0.250. The SMILES string of the molecule is Cc1noc(CSc2ccccc2C(=O)N(C)CCCc2cc(-c3ccccc3)no2)n1. The van der Waals surface area contributed by atoms with Crippen LogP contribution in [0.5, 0.6) is 0 Å². The molecule has 4 aromatic rings. The zero-order valence-corrected chi connectivity index (χ0v) is 18.8. The van der Waals surface area contributed by atoms with Gasteiger partial charge in [-0.1, -0.05) is 52.8 Å². The van der Waals surface area contributed by atoms with Crippen molar-refractivity contribution >= 4 is 17.7 Å². The molecule has 0 bridgehead atoms. The molecule has 2 aromatic heterocycles. The highest BCUT2D eigenvalue weighted by molar-refractivity contribution is 7.98. The van der Waals surface area contributed by atoms with E-state index in [9.17, 15) is 4.79 Å². The Morgan fingerprint density at radius 1 is 1.03 bits per heavy atom. The predicted molar refractivity (Wildman–Crippen MR) is 122 cm³/mol. The van der Waals surface area contributed by atoms with Gasteiger partial charge in [-0.2, -0.15) is 4.98 Å². The van der Waals surface area contributed by atoms with Crippen LogP contribution in [-0.2, 0) is 12.2 Å². The number of hydrogen-bond acceptors (Lipinski definition) is 7. The van der Waals surface area contributed by atoms with E-state index < -0.39 is 0 Å². The molecule has 164 valence electrons. The summed E-state index contributed by atoms with van der Waals surface area (Å²) in [7, 11) is 1.82. The molecule has 4 rings (SSSR count). The normalized spacial score (nSPS) is 10.9. The summed E-state index contributed by atoms with van der Waals surface area (Å²) in [6, 6.07) is 19.5. The molecule has 0 radical (unpaired) electrons. The fourth-order valence-corrected chi connectivity index (χ4v) is 4.16. The molecule has 0 fully saturated rings. The van der Waals surface area contributed by atoms with Crippen molar-refractivity contribution < 1.29 is 13.8 Å². The third-order valence-corrected chi connectivity index (χ3v) is 5.99. The minimum absolute atomic E-state index is 0.0163. The third kappa shape index (κ3) is 5.45. The number of hydrogen-bond donors (Lipinski definition) is 0. The maximum absolute atomic E-state index is 13.0. The number of thioether (sulfide) groups is 1. The van der Waals surface area contributed by atoms with Crippen LogP contribution in [0.25, 0.3) is 11.3 Å². The van der Waals surface area contributed by atoms with Crippen molar-refractivity contribution in [2.45, 2.75) is 30.4 Å². The van der Waals surface area contributed by atoms with Crippen molar-refractivity contribution in [1.29, 1.82) is 0 Å². The summed E-state index contributed by atoms with van der Waals surface area (Å²) < 4.78 is 10.6. The Labute approximate surface area is 190 Å². The molecule has 0 atom stereocenters. The maximum Gasteiger partial charge on any atom is 0.254 e. The van der Waals surface area contributed by atoms with Gasteiger partial charge in [0.05, 0.1) is 11.3 Å². The molecule has 0 aliphatic heterocycles. The minimum Gasteiger partial charge on any atom is -0.361 e. The average Bonchev–Trinajstić information content (AvgIpc) is 3.47. The summed E-state index contributed by atoms with van der Waals surface area (Å²) in [5, 5.41) is 7.96. The van der Waals surface area contributed by atoms with E-state index in [1.54, 1.807) is 11.8 Å². The van der Waals surface area contributed by atoms with Gasteiger partial charge in [-0.25, -0.2) is 0 Å². The van der Waals surface area contributed by atoms with Crippen LogP contribution in [0.4, 0.5) is 0 Å². The van der Waals surface area contributed by atoms with Gasteiger partial charge in [0.2, 0.25) is 5.89 Å². The largest absolute Gasteiger partial charge is 0.361 e. The number of carbonyl (C=O) groups is 1. The van der Waals surface area contributed by atoms with Gasteiger partial charge >= 0.3 is 0 Å². The van der Waals surface area contributed by atoms with E-state index in [4.69, 9.17) is 9.05 Å². The molecule has 1 amide bonds. The number of aromatic nitrogens is 3. The molecule has 2 heterocycles. The lowest BCUT2D eigenvalue weighted by Gasteiger charge is -2.18. The van der Waals surface area contributed by atoms with E-state index in [-0.39, 0.29) is 5.91 Å². The highest BCUT2D eigenvalue weighted by Crippen LogP contribution is 2.27. The number of rotatable bonds is 9. The molecule has 8 heteroatoms. The first-order valence-electron chi connectivity index (χ1n) is 10.4. The van der Waals surface area contributed by atoms with Crippen LogP contribution >= 0.6 is 11.8 Å². The second-order valence-corrected chi connectivity index (χ2v) is 8.41. The summed E-state index contributed by atoms with van der Waals surface area (Å²) in [5.74, 6) is 2.47. The Bertz CT molecular complexity index is 1170. The first-order chi connectivity index (χ1) is 15.6. The highest BCUT2D eigenvalue weighted by atomic mass is 32.2. The molecule has 0 N–H and O–H groups in total. The molecule has 2 aromatic carbocycles. The molecule has 7 nitrogen and oxygen atoms in total. The standard InChI is InChI=1S/C24H24N4O3S/c1-17-25-23(31-26-17)16-32-22-13-7-6-12-20(22)24(29)28(2)14-8-11-19-15-21(27-30-19)18-9-4-3-5-10-18/h3-7,9-10,12-13,15H,8,11,14,16H2,1-2H3. The van der Waals surface area contributed by atoms with E-state index in [0.717, 1.165) is 28.3 Å². The Hall–Kier alpha value is -3.39. The molecule has 0 unspecified atom stereocenters. The van der Waals surface area contributed by atoms with Gasteiger partial charge in [0.15, 0.2) is 5.82 Å². The van der Waals surface area contributed by atoms with Crippen LogP contribution in [0.1, 0.15) is 34.3 Å². The van der Waals surface area contributed by atoms with Crippen LogP contribution in [0.2, 0.25) is 0 Å². The van der Waals surface area contributed by atoms with Gasteiger partial charge in [-0.3, -0.25) is 4.79 Å². The van der Waals surface area contributed by atoms with Crippen LogP contribution in [-0.4, -0.2) is 39.7 Å². The molecule has 32 heavy (non-hydrogen) atoms. The van der Waals surface area contributed by atoms with Crippen LogP contribution < -0.4 is 0 Å². The van der Waals surface area contributed by atoms with Crippen LogP contribution in [0, 0.1) is 6.92 Å². The van der Waals surface area contributed by atoms with E-state index in [1.165, 1.54) is 11.8 Å². The third-order valence-electron chi connectivity index (χ3n) is 4.93. The Balaban J connectivity index is 1.32. The molecule has 0 saturated heterocycles. The lowest BCUT2D eigenvalue weighted by Crippen LogP contribution is -2.28. The zero-order chi connectivity index (χ0) is 22.3. The van der Waals surface area contributed by atoms with Gasteiger partial charge in [0.1, 0.15) is 11.5 Å². The minimum atomic E-state index is -0.0163. The van der Waals surface area contributed by atoms with E-state index in [0.29, 0.717) is 36.0 Å². The van der Waals surface area contributed by atoms with Crippen molar-refractivity contribution in [1.82, 2.24) is 20.2 Å². The Morgan fingerprint density at radius 2 is 1.81 bits per heavy atom. The van der Waals surface area contributed by atoms with Gasteiger partial charge < -0.3 is 13.9 Å². The quantitative estimate of drug-likeness (QED) is 0.332. The van der Waals surface area contributed by atoms with E-state index in [2.05, 4.69) is 15.3 Å². The van der Waals surface area contributed by atoms with Gasteiger partial charge in [0, 0.05) is 36.5 Å².